The van der Waals surface area contributed by atoms with Gasteiger partial charge in [-0.25, -0.2) is 0 Å². The number of rotatable bonds is 6. The van der Waals surface area contributed by atoms with Crippen molar-refractivity contribution in [1.29, 1.82) is 0 Å². The van der Waals surface area contributed by atoms with Gasteiger partial charge in [0.05, 0.1) is 11.5 Å². The van der Waals surface area contributed by atoms with Crippen LogP contribution in [-0.2, 0) is 11.3 Å². The van der Waals surface area contributed by atoms with Gasteiger partial charge in [0, 0.05) is 19.7 Å². The van der Waals surface area contributed by atoms with Gasteiger partial charge in [0.1, 0.15) is 5.69 Å². The lowest BCUT2D eigenvalue weighted by molar-refractivity contribution is -0.384. The highest BCUT2D eigenvalue weighted by Crippen LogP contribution is 2.24. The fourth-order valence-corrected chi connectivity index (χ4v) is 1.64. The molecule has 0 aliphatic rings. The topological polar surface area (TPSA) is 114 Å². The van der Waals surface area contributed by atoms with Crippen LogP contribution in [0.4, 0.5) is 11.4 Å². The molecule has 0 saturated carbocycles. The maximum Gasteiger partial charge on any atom is 0.293 e. The number of benzene rings is 1. The second kappa shape index (κ2) is 6.66. The van der Waals surface area contributed by atoms with Gasteiger partial charge < -0.3 is 10.7 Å². The van der Waals surface area contributed by atoms with Gasteiger partial charge in [-0.15, -0.1) is 0 Å². The van der Waals surface area contributed by atoms with E-state index in [1.807, 2.05) is 0 Å². The van der Waals surface area contributed by atoms with Crippen LogP contribution in [0.1, 0.15) is 5.56 Å². The number of hydrazine groups is 1. The van der Waals surface area contributed by atoms with Crippen LogP contribution in [-0.4, -0.2) is 36.4 Å². The van der Waals surface area contributed by atoms with E-state index in [-0.39, 0.29) is 23.8 Å². The Hall–Kier alpha value is -2.19. The molecule has 0 aliphatic heterocycles. The third kappa shape index (κ3) is 4.19. The Labute approximate surface area is 110 Å². The summed E-state index contributed by atoms with van der Waals surface area (Å²) in [6.07, 6.45) is 0. The molecule has 0 saturated heterocycles. The van der Waals surface area contributed by atoms with Crippen molar-refractivity contribution in [3.05, 3.63) is 33.9 Å². The molecular weight excluding hydrogens is 250 g/mol. The maximum absolute atomic E-state index is 11.2. The van der Waals surface area contributed by atoms with Crippen LogP contribution in [0.3, 0.4) is 0 Å². The summed E-state index contributed by atoms with van der Waals surface area (Å²) < 4.78 is 0. The van der Waals surface area contributed by atoms with E-state index in [1.165, 1.54) is 6.07 Å². The zero-order chi connectivity index (χ0) is 14.4. The number of nitrogen functional groups attached to an aromatic ring is 1. The Morgan fingerprint density at radius 1 is 1.53 bits per heavy atom. The van der Waals surface area contributed by atoms with Gasteiger partial charge in [-0.1, -0.05) is 6.07 Å². The quantitative estimate of drug-likeness (QED) is 0.381. The molecule has 0 bridgehead atoms. The van der Waals surface area contributed by atoms with Crippen molar-refractivity contribution < 1.29 is 9.72 Å². The summed E-state index contributed by atoms with van der Waals surface area (Å²) in [5.74, 6) is 5.09. The zero-order valence-electron chi connectivity index (χ0n) is 10.8. The molecule has 1 aromatic rings. The van der Waals surface area contributed by atoms with E-state index in [0.29, 0.717) is 6.54 Å². The molecule has 104 valence electrons. The summed E-state index contributed by atoms with van der Waals surface area (Å²) in [5, 5.41) is 13.4. The van der Waals surface area contributed by atoms with Crippen LogP contribution >= 0.6 is 0 Å². The molecule has 0 aliphatic carbocycles. The molecule has 0 radical (unpaired) electrons. The number of nitrogens with zero attached hydrogens (tertiary/aromatic N) is 2. The van der Waals surface area contributed by atoms with E-state index in [9.17, 15) is 14.9 Å². The van der Waals surface area contributed by atoms with Gasteiger partial charge in [0.15, 0.2) is 0 Å². The Balaban J connectivity index is 2.82. The fourth-order valence-electron chi connectivity index (χ4n) is 1.64. The third-order valence-electron chi connectivity index (χ3n) is 2.56. The van der Waals surface area contributed by atoms with Gasteiger partial charge in [-0.05, 0) is 18.7 Å². The third-order valence-corrected chi connectivity index (χ3v) is 2.56. The van der Waals surface area contributed by atoms with Crippen molar-refractivity contribution in [2.45, 2.75) is 6.54 Å². The smallest absolute Gasteiger partial charge is 0.293 e. The van der Waals surface area contributed by atoms with Crippen molar-refractivity contribution in [2.75, 3.05) is 26.1 Å². The lowest BCUT2D eigenvalue weighted by Gasteiger charge is -2.15. The first-order valence-electron chi connectivity index (χ1n) is 5.61. The van der Waals surface area contributed by atoms with Gasteiger partial charge in [0.25, 0.3) is 5.69 Å². The van der Waals surface area contributed by atoms with E-state index in [0.717, 1.165) is 5.56 Å². The number of nitro benzene ring substituents is 1. The summed E-state index contributed by atoms with van der Waals surface area (Å²) >= 11 is 0. The van der Waals surface area contributed by atoms with Gasteiger partial charge in [0.2, 0.25) is 5.91 Å². The molecule has 0 spiro atoms. The van der Waals surface area contributed by atoms with Crippen LogP contribution in [0.2, 0.25) is 0 Å². The molecule has 1 amide bonds. The average Bonchev–Trinajstić information content (AvgIpc) is 2.38. The van der Waals surface area contributed by atoms with Gasteiger partial charge in [-0.3, -0.25) is 25.7 Å². The predicted octanol–water partition coefficient (Wildman–Crippen LogP) is 0.0582. The fraction of sp³-hybridized carbons (Fsp3) is 0.364. The second-order valence-electron chi connectivity index (χ2n) is 4.10. The summed E-state index contributed by atoms with van der Waals surface area (Å²) in [4.78, 5) is 23.3. The van der Waals surface area contributed by atoms with Crippen molar-refractivity contribution in [1.82, 2.24) is 10.2 Å². The number of nitrogens with one attached hydrogen (secondary N) is 2. The number of nitro groups is 1. The number of likely N-dealkylation sites (N-methyl/N-ethyl adjacent to an activating group) is 2. The molecule has 4 N–H and O–H groups in total. The van der Waals surface area contributed by atoms with Crippen LogP contribution in [0.25, 0.3) is 0 Å². The van der Waals surface area contributed by atoms with E-state index in [2.05, 4.69) is 10.7 Å². The lowest BCUT2D eigenvalue weighted by Crippen LogP contribution is -2.32. The van der Waals surface area contributed by atoms with E-state index >= 15 is 0 Å². The molecule has 0 atom stereocenters. The lowest BCUT2D eigenvalue weighted by atomic mass is 10.1. The predicted molar refractivity (Wildman–Crippen MR) is 71.3 cm³/mol. The molecule has 0 heterocycles. The van der Waals surface area contributed by atoms with E-state index in [4.69, 9.17) is 5.84 Å². The Kier molecular flexibility index (Phi) is 5.22. The molecule has 0 aromatic heterocycles. The molecular formula is C11H17N5O3. The first-order valence-corrected chi connectivity index (χ1v) is 5.61. The first kappa shape index (κ1) is 14.9. The minimum Gasteiger partial charge on any atom is -0.358 e. The van der Waals surface area contributed by atoms with Gasteiger partial charge in [-0.2, -0.15) is 0 Å². The van der Waals surface area contributed by atoms with Crippen LogP contribution in [0.15, 0.2) is 18.2 Å². The zero-order valence-corrected chi connectivity index (χ0v) is 10.8. The Morgan fingerprint density at radius 3 is 2.74 bits per heavy atom. The van der Waals surface area contributed by atoms with Crippen LogP contribution in [0, 0.1) is 10.1 Å². The van der Waals surface area contributed by atoms with Crippen LogP contribution in [0.5, 0.6) is 0 Å². The molecule has 0 unspecified atom stereocenters. The normalized spacial score (nSPS) is 10.3. The second-order valence-corrected chi connectivity index (χ2v) is 4.10. The monoisotopic (exact) mass is 267 g/mol. The van der Waals surface area contributed by atoms with Crippen LogP contribution < -0.4 is 16.6 Å². The number of hydrogen-bond acceptors (Lipinski definition) is 6. The minimum atomic E-state index is -0.503. The molecule has 1 rings (SSSR count). The highest BCUT2D eigenvalue weighted by Gasteiger charge is 2.14. The van der Waals surface area contributed by atoms with E-state index < -0.39 is 4.92 Å². The number of hydrogen-bond donors (Lipinski definition) is 3. The maximum atomic E-state index is 11.2. The standard InChI is InChI=1S/C11H17N5O3/c1-13-11(17)7-15(2)6-8-3-4-9(14-12)10(5-8)16(18)19/h3-5,14H,6-7,12H2,1-2H3,(H,13,17). The van der Waals surface area contributed by atoms with Gasteiger partial charge >= 0.3 is 0 Å². The summed E-state index contributed by atoms with van der Waals surface area (Å²) in [7, 11) is 3.32. The molecule has 8 heteroatoms. The number of amides is 1. The summed E-state index contributed by atoms with van der Waals surface area (Å²) in [6.45, 7) is 0.653. The molecule has 0 fully saturated rings. The van der Waals surface area contributed by atoms with E-state index in [1.54, 1.807) is 31.1 Å². The number of carbonyl (C=O) groups excluding carboxylic acids is 1. The minimum absolute atomic E-state index is 0.0895. The van der Waals surface area contributed by atoms with Crippen molar-refractivity contribution in [3.8, 4) is 0 Å². The first-order chi connectivity index (χ1) is 8.97. The summed E-state index contributed by atoms with van der Waals surface area (Å²) in [5.41, 5.74) is 3.18. The number of nitrogens with two attached hydrogens (primary N) is 1. The number of carbonyl (C=O) groups is 1. The average molecular weight is 267 g/mol. The molecule has 8 nitrogen and oxygen atoms in total. The Bertz CT molecular complexity index is 477. The van der Waals surface area contributed by atoms with Crippen molar-refractivity contribution >= 4 is 17.3 Å². The molecule has 1 aromatic carbocycles. The van der Waals surface area contributed by atoms with Crippen molar-refractivity contribution in [3.63, 3.8) is 0 Å². The largest absolute Gasteiger partial charge is 0.358 e. The highest BCUT2D eigenvalue weighted by atomic mass is 16.6. The SMILES string of the molecule is CNC(=O)CN(C)Cc1ccc(NN)c([N+](=O)[O-])c1. The summed E-state index contributed by atoms with van der Waals surface area (Å²) in [6, 6.07) is 4.71. The molecule has 19 heavy (non-hydrogen) atoms. The highest BCUT2D eigenvalue weighted by molar-refractivity contribution is 5.77. The number of anilines is 1. The van der Waals surface area contributed by atoms with Crippen molar-refractivity contribution in [2.24, 2.45) is 5.84 Å². The Morgan fingerprint density at radius 2 is 2.21 bits per heavy atom.